The zero-order chi connectivity index (χ0) is 13.6. The van der Waals surface area contributed by atoms with E-state index in [4.69, 9.17) is 21.1 Å². The first-order valence-electron chi connectivity index (χ1n) is 7.31. The third kappa shape index (κ3) is 1.96. The molecule has 1 aromatic heterocycles. The zero-order valence-corrected chi connectivity index (χ0v) is 12.1. The van der Waals surface area contributed by atoms with Crippen molar-refractivity contribution in [1.82, 2.24) is 4.98 Å². The topological polar surface area (TPSA) is 34.2 Å². The summed E-state index contributed by atoms with van der Waals surface area (Å²) in [5.74, 6) is 0.293. The van der Waals surface area contributed by atoms with Crippen LogP contribution in [0, 0.1) is 0 Å². The van der Waals surface area contributed by atoms with Crippen LogP contribution in [0.2, 0.25) is 5.02 Å². The van der Waals surface area contributed by atoms with Gasteiger partial charge in [-0.15, -0.1) is 0 Å². The van der Waals surface area contributed by atoms with Crippen LogP contribution >= 0.6 is 11.6 Å². The highest BCUT2D eigenvalue weighted by Crippen LogP contribution is 2.44. The standard InChI is InChI=1S/C16H18ClNO2/c17-14-3-1-2-12-13(10-18-15(12)14)11-4-6-16(7-5-11)19-8-9-20-16/h1-3,10-11,18H,4-9H2. The van der Waals surface area contributed by atoms with Gasteiger partial charge in [0, 0.05) is 24.4 Å². The molecule has 2 fully saturated rings. The number of aromatic nitrogens is 1. The van der Waals surface area contributed by atoms with Gasteiger partial charge in [0.15, 0.2) is 5.79 Å². The molecule has 0 unspecified atom stereocenters. The molecule has 3 nitrogen and oxygen atoms in total. The van der Waals surface area contributed by atoms with Crippen molar-refractivity contribution in [3.8, 4) is 0 Å². The molecule has 4 heteroatoms. The van der Waals surface area contributed by atoms with Crippen LogP contribution in [0.15, 0.2) is 24.4 Å². The maximum atomic E-state index is 6.24. The van der Waals surface area contributed by atoms with Gasteiger partial charge in [0.05, 0.1) is 23.8 Å². The number of halogens is 1. The van der Waals surface area contributed by atoms with Crippen molar-refractivity contribution in [2.24, 2.45) is 0 Å². The first kappa shape index (κ1) is 12.7. The van der Waals surface area contributed by atoms with Gasteiger partial charge in [0.25, 0.3) is 0 Å². The molecular weight excluding hydrogens is 274 g/mol. The largest absolute Gasteiger partial charge is 0.360 e. The normalized spacial score (nSPS) is 22.9. The Labute approximate surface area is 123 Å². The average molecular weight is 292 g/mol. The summed E-state index contributed by atoms with van der Waals surface area (Å²) in [7, 11) is 0. The van der Waals surface area contributed by atoms with Gasteiger partial charge in [-0.1, -0.05) is 23.7 Å². The second-order valence-electron chi connectivity index (χ2n) is 5.79. The highest BCUT2D eigenvalue weighted by Gasteiger charge is 2.40. The fourth-order valence-corrected chi connectivity index (χ4v) is 3.86. The van der Waals surface area contributed by atoms with Gasteiger partial charge in [0.2, 0.25) is 0 Å². The fraction of sp³-hybridized carbons (Fsp3) is 0.500. The highest BCUT2D eigenvalue weighted by atomic mass is 35.5. The van der Waals surface area contributed by atoms with E-state index in [-0.39, 0.29) is 5.79 Å². The smallest absolute Gasteiger partial charge is 0.168 e. The third-order valence-electron chi connectivity index (χ3n) is 4.70. The van der Waals surface area contributed by atoms with Gasteiger partial charge < -0.3 is 14.5 Å². The Morgan fingerprint density at radius 3 is 2.65 bits per heavy atom. The number of nitrogens with one attached hydrogen (secondary N) is 1. The number of hydrogen-bond donors (Lipinski definition) is 1. The van der Waals surface area contributed by atoms with Crippen molar-refractivity contribution in [3.05, 3.63) is 35.0 Å². The molecule has 0 radical (unpaired) electrons. The summed E-state index contributed by atoms with van der Waals surface area (Å²) in [6.45, 7) is 1.49. The van der Waals surface area contributed by atoms with E-state index in [1.807, 2.05) is 12.1 Å². The van der Waals surface area contributed by atoms with E-state index >= 15 is 0 Å². The van der Waals surface area contributed by atoms with E-state index in [1.54, 1.807) is 0 Å². The van der Waals surface area contributed by atoms with Crippen LogP contribution in [0.5, 0.6) is 0 Å². The first-order valence-corrected chi connectivity index (χ1v) is 7.69. The van der Waals surface area contributed by atoms with Gasteiger partial charge in [-0.3, -0.25) is 0 Å². The van der Waals surface area contributed by atoms with Crippen LogP contribution in [-0.4, -0.2) is 24.0 Å². The van der Waals surface area contributed by atoms with E-state index in [0.717, 1.165) is 49.4 Å². The highest BCUT2D eigenvalue weighted by molar-refractivity contribution is 6.35. The molecule has 20 heavy (non-hydrogen) atoms. The maximum absolute atomic E-state index is 6.24. The molecule has 0 atom stereocenters. The van der Waals surface area contributed by atoms with Crippen LogP contribution in [0.3, 0.4) is 0 Å². The molecular formula is C16H18ClNO2. The van der Waals surface area contributed by atoms with E-state index in [9.17, 15) is 0 Å². The minimum atomic E-state index is -0.278. The van der Waals surface area contributed by atoms with Crippen LogP contribution in [0.1, 0.15) is 37.2 Å². The number of rotatable bonds is 1. The third-order valence-corrected chi connectivity index (χ3v) is 5.01. The number of ether oxygens (including phenoxy) is 2. The predicted octanol–water partition coefficient (Wildman–Crippen LogP) is 4.22. The number of H-pyrrole nitrogens is 1. The number of hydrogen-bond acceptors (Lipinski definition) is 2. The van der Waals surface area contributed by atoms with E-state index in [0.29, 0.717) is 5.92 Å². The summed E-state index contributed by atoms with van der Waals surface area (Å²) in [6.07, 6.45) is 6.32. The van der Waals surface area contributed by atoms with Gasteiger partial charge in [-0.25, -0.2) is 0 Å². The van der Waals surface area contributed by atoms with Crippen molar-refractivity contribution in [2.45, 2.75) is 37.4 Å². The number of fused-ring (bicyclic) bond motifs is 1. The SMILES string of the molecule is Clc1cccc2c(C3CCC4(CC3)OCCO4)c[nH]c12. The molecule has 106 valence electrons. The molecule has 2 aromatic rings. The predicted molar refractivity (Wildman–Crippen MR) is 79.2 cm³/mol. The molecule has 2 aliphatic rings. The summed E-state index contributed by atoms with van der Waals surface area (Å²) >= 11 is 6.24. The Morgan fingerprint density at radius 2 is 1.90 bits per heavy atom. The van der Waals surface area contributed by atoms with Gasteiger partial charge in [-0.05, 0) is 30.4 Å². The molecule has 0 bridgehead atoms. The van der Waals surface area contributed by atoms with Gasteiger partial charge in [0.1, 0.15) is 0 Å². The van der Waals surface area contributed by atoms with Gasteiger partial charge >= 0.3 is 0 Å². The zero-order valence-electron chi connectivity index (χ0n) is 11.3. The van der Waals surface area contributed by atoms with Crippen molar-refractivity contribution >= 4 is 22.5 Å². The second kappa shape index (κ2) is 4.76. The molecule has 1 saturated carbocycles. The van der Waals surface area contributed by atoms with Crippen LogP contribution in [0.4, 0.5) is 0 Å². The summed E-state index contributed by atoms with van der Waals surface area (Å²) < 4.78 is 11.6. The molecule has 2 heterocycles. The molecule has 4 rings (SSSR count). The summed E-state index contributed by atoms with van der Waals surface area (Å²) in [5.41, 5.74) is 2.44. The quantitative estimate of drug-likeness (QED) is 0.853. The minimum Gasteiger partial charge on any atom is -0.360 e. The van der Waals surface area contributed by atoms with Crippen LogP contribution < -0.4 is 0 Å². The lowest BCUT2D eigenvalue weighted by Gasteiger charge is -2.35. The monoisotopic (exact) mass is 291 g/mol. The Kier molecular flexibility index (Phi) is 3.02. The summed E-state index contributed by atoms with van der Waals surface area (Å²) in [5, 5.41) is 2.05. The lowest BCUT2D eigenvalue weighted by Crippen LogP contribution is -2.34. The molecule has 1 aliphatic carbocycles. The maximum Gasteiger partial charge on any atom is 0.168 e. The van der Waals surface area contributed by atoms with Crippen LogP contribution in [0.25, 0.3) is 10.9 Å². The lowest BCUT2D eigenvalue weighted by atomic mass is 9.81. The number of benzene rings is 1. The first-order chi connectivity index (χ1) is 9.77. The second-order valence-corrected chi connectivity index (χ2v) is 6.20. The molecule has 1 N–H and O–H groups in total. The Balaban J connectivity index is 1.60. The minimum absolute atomic E-state index is 0.278. The van der Waals surface area contributed by atoms with Crippen molar-refractivity contribution in [3.63, 3.8) is 0 Å². The molecule has 1 saturated heterocycles. The van der Waals surface area contributed by atoms with Crippen molar-refractivity contribution < 1.29 is 9.47 Å². The fourth-order valence-electron chi connectivity index (χ4n) is 3.63. The molecule has 1 spiro atoms. The van der Waals surface area contributed by atoms with Crippen molar-refractivity contribution in [1.29, 1.82) is 0 Å². The molecule has 1 aliphatic heterocycles. The van der Waals surface area contributed by atoms with E-state index < -0.39 is 0 Å². The molecule has 1 aromatic carbocycles. The number of aromatic amines is 1. The Morgan fingerprint density at radius 1 is 1.15 bits per heavy atom. The number of para-hydroxylation sites is 1. The van der Waals surface area contributed by atoms with E-state index in [2.05, 4.69) is 17.2 Å². The van der Waals surface area contributed by atoms with Crippen molar-refractivity contribution in [2.75, 3.05) is 13.2 Å². The Hall–Kier alpha value is -1.03. The summed E-state index contributed by atoms with van der Waals surface area (Å²) in [4.78, 5) is 3.32. The lowest BCUT2D eigenvalue weighted by molar-refractivity contribution is -0.178. The van der Waals surface area contributed by atoms with E-state index in [1.165, 1.54) is 10.9 Å². The van der Waals surface area contributed by atoms with Crippen LogP contribution in [-0.2, 0) is 9.47 Å². The summed E-state index contributed by atoms with van der Waals surface area (Å²) in [6, 6.07) is 6.11. The van der Waals surface area contributed by atoms with Gasteiger partial charge in [-0.2, -0.15) is 0 Å². The average Bonchev–Trinajstić information content (AvgIpc) is 3.09. The molecule has 0 amide bonds. The Bertz CT molecular complexity index is 620.